The van der Waals surface area contributed by atoms with Gasteiger partial charge in [-0.05, 0) is 6.42 Å². The molecule has 0 fully saturated rings. The predicted molar refractivity (Wildman–Crippen MR) is 97.0 cm³/mol. The summed E-state index contributed by atoms with van der Waals surface area (Å²) in [6.45, 7) is 2.33. The van der Waals surface area contributed by atoms with E-state index in [1.807, 2.05) is 21.1 Å². The number of carboxylic acid groups (broad SMARTS) is 1. The number of ketones is 1. The van der Waals surface area contributed by atoms with Crippen LogP contribution in [0.1, 0.15) is 77.6 Å². The van der Waals surface area contributed by atoms with E-state index >= 15 is 0 Å². The lowest BCUT2D eigenvalue weighted by molar-refractivity contribution is -0.875. The number of quaternary nitrogens is 1. The Morgan fingerprint density at radius 2 is 1.33 bits per heavy atom. The SMILES string of the molecule is CCCCCCCCCCCC(=O)C(O)(CC(=O)O)C[N+](C)(C)C. The van der Waals surface area contributed by atoms with Crippen molar-refractivity contribution in [2.75, 3.05) is 27.7 Å². The molecule has 0 saturated heterocycles. The number of aliphatic hydroxyl groups is 1. The maximum absolute atomic E-state index is 12.4. The van der Waals surface area contributed by atoms with Crippen LogP contribution in [0.5, 0.6) is 0 Å². The highest BCUT2D eigenvalue weighted by molar-refractivity contribution is 5.90. The van der Waals surface area contributed by atoms with Crippen molar-refractivity contribution in [1.29, 1.82) is 0 Å². The minimum Gasteiger partial charge on any atom is -0.481 e. The number of hydrogen-bond donors (Lipinski definition) is 2. The van der Waals surface area contributed by atoms with Crippen LogP contribution in [0.15, 0.2) is 0 Å². The molecule has 0 spiro atoms. The number of Topliss-reactive ketones (excluding diaryl/α,β-unsaturated/α-hetero) is 1. The number of hydrogen-bond acceptors (Lipinski definition) is 3. The van der Waals surface area contributed by atoms with Crippen molar-refractivity contribution in [1.82, 2.24) is 0 Å². The number of carbonyl (C=O) groups excluding carboxylic acids is 1. The molecule has 2 N–H and O–H groups in total. The fraction of sp³-hybridized carbons (Fsp3) is 0.895. The average Bonchev–Trinajstić information content (AvgIpc) is 2.42. The van der Waals surface area contributed by atoms with Crippen molar-refractivity contribution in [3.63, 3.8) is 0 Å². The van der Waals surface area contributed by atoms with Crippen LogP contribution in [-0.4, -0.2) is 59.7 Å². The Balaban J connectivity index is 4.13. The van der Waals surface area contributed by atoms with Crippen LogP contribution >= 0.6 is 0 Å². The van der Waals surface area contributed by atoms with E-state index in [9.17, 15) is 14.7 Å². The van der Waals surface area contributed by atoms with E-state index in [-0.39, 0.29) is 18.7 Å². The molecule has 0 aliphatic heterocycles. The number of unbranched alkanes of at least 4 members (excludes halogenated alkanes) is 8. The summed E-state index contributed by atoms with van der Waals surface area (Å²) in [4.78, 5) is 23.4. The van der Waals surface area contributed by atoms with Crippen LogP contribution in [0.2, 0.25) is 0 Å². The zero-order chi connectivity index (χ0) is 18.6. The summed E-state index contributed by atoms with van der Waals surface area (Å²) >= 11 is 0. The molecule has 5 heteroatoms. The molecule has 0 saturated carbocycles. The van der Waals surface area contributed by atoms with Crippen LogP contribution in [0.4, 0.5) is 0 Å². The smallest absolute Gasteiger partial charge is 0.306 e. The molecule has 0 aliphatic rings. The fourth-order valence-electron chi connectivity index (χ4n) is 3.11. The highest BCUT2D eigenvalue weighted by atomic mass is 16.4. The molecule has 0 rings (SSSR count). The molecule has 0 aromatic rings. The van der Waals surface area contributed by atoms with Gasteiger partial charge in [-0.25, -0.2) is 0 Å². The topological polar surface area (TPSA) is 74.6 Å². The van der Waals surface area contributed by atoms with Gasteiger partial charge in [0, 0.05) is 6.42 Å². The van der Waals surface area contributed by atoms with Gasteiger partial charge in [0.15, 0.2) is 11.4 Å². The number of nitrogens with zero attached hydrogens (tertiary/aromatic N) is 1. The molecule has 24 heavy (non-hydrogen) atoms. The van der Waals surface area contributed by atoms with Gasteiger partial charge in [0.1, 0.15) is 6.54 Å². The van der Waals surface area contributed by atoms with Crippen molar-refractivity contribution in [3.8, 4) is 0 Å². The maximum atomic E-state index is 12.4. The highest BCUT2D eigenvalue weighted by Gasteiger charge is 2.42. The van der Waals surface area contributed by atoms with Crippen molar-refractivity contribution >= 4 is 11.8 Å². The largest absolute Gasteiger partial charge is 0.481 e. The minimum atomic E-state index is -1.76. The maximum Gasteiger partial charge on any atom is 0.306 e. The Labute approximate surface area is 147 Å². The lowest BCUT2D eigenvalue weighted by Crippen LogP contribution is -2.54. The first-order chi connectivity index (χ1) is 11.1. The lowest BCUT2D eigenvalue weighted by atomic mass is 9.89. The van der Waals surface area contributed by atoms with Gasteiger partial charge in [-0.15, -0.1) is 0 Å². The molecule has 0 aromatic heterocycles. The van der Waals surface area contributed by atoms with Crippen molar-refractivity contribution in [2.24, 2.45) is 0 Å². The van der Waals surface area contributed by atoms with Gasteiger partial charge in [0.2, 0.25) is 0 Å². The first kappa shape index (κ1) is 23.1. The van der Waals surface area contributed by atoms with E-state index in [4.69, 9.17) is 5.11 Å². The van der Waals surface area contributed by atoms with Gasteiger partial charge in [-0.3, -0.25) is 9.59 Å². The third-order valence-corrected chi connectivity index (χ3v) is 4.21. The van der Waals surface area contributed by atoms with Gasteiger partial charge >= 0.3 is 5.97 Å². The number of aliphatic carboxylic acids is 1. The highest BCUT2D eigenvalue weighted by Crippen LogP contribution is 2.20. The Bertz CT molecular complexity index is 376. The molecule has 0 amide bonds. The second kappa shape index (κ2) is 11.6. The normalized spacial score (nSPS) is 14.4. The molecule has 142 valence electrons. The lowest BCUT2D eigenvalue weighted by Gasteiger charge is -2.33. The van der Waals surface area contributed by atoms with Gasteiger partial charge in [0.05, 0.1) is 27.6 Å². The van der Waals surface area contributed by atoms with E-state index in [2.05, 4.69) is 6.92 Å². The quantitative estimate of drug-likeness (QED) is 0.353. The third-order valence-electron chi connectivity index (χ3n) is 4.21. The Hall–Kier alpha value is -0.940. The predicted octanol–water partition coefficient (Wildman–Crippen LogP) is 3.39. The van der Waals surface area contributed by atoms with E-state index in [1.54, 1.807) is 0 Å². The molecule has 0 heterocycles. The van der Waals surface area contributed by atoms with Crippen LogP contribution in [0.3, 0.4) is 0 Å². The van der Waals surface area contributed by atoms with E-state index < -0.39 is 18.0 Å². The van der Waals surface area contributed by atoms with Gasteiger partial charge < -0.3 is 14.7 Å². The fourth-order valence-corrected chi connectivity index (χ4v) is 3.11. The van der Waals surface area contributed by atoms with Crippen LogP contribution in [-0.2, 0) is 9.59 Å². The molecule has 5 nitrogen and oxygen atoms in total. The molecule has 0 bridgehead atoms. The molecular formula is C19H38NO4+. The Morgan fingerprint density at radius 1 is 0.875 bits per heavy atom. The minimum absolute atomic E-state index is 0.121. The molecule has 0 aliphatic carbocycles. The van der Waals surface area contributed by atoms with Crippen molar-refractivity contribution < 1.29 is 24.3 Å². The zero-order valence-corrected chi connectivity index (χ0v) is 16.1. The van der Waals surface area contributed by atoms with E-state index in [1.165, 1.54) is 38.5 Å². The second-order valence-corrected chi connectivity index (χ2v) is 8.05. The Morgan fingerprint density at radius 3 is 1.75 bits per heavy atom. The van der Waals surface area contributed by atoms with E-state index in [0.717, 1.165) is 19.3 Å². The zero-order valence-electron chi connectivity index (χ0n) is 16.1. The number of rotatable bonds is 15. The van der Waals surface area contributed by atoms with Crippen LogP contribution in [0.25, 0.3) is 0 Å². The van der Waals surface area contributed by atoms with Gasteiger partial charge in [-0.2, -0.15) is 0 Å². The first-order valence-electron chi connectivity index (χ1n) is 9.38. The third kappa shape index (κ3) is 11.6. The Kier molecular flexibility index (Phi) is 11.1. The summed E-state index contributed by atoms with van der Waals surface area (Å²) in [6, 6.07) is 0. The monoisotopic (exact) mass is 344 g/mol. The van der Waals surface area contributed by atoms with E-state index in [0.29, 0.717) is 4.48 Å². The molecule has 1 unspecified atom stereocenters. The number of carbonyl (C=O) groups is 2. The van der Waals surface area contributed by atoms with Gasteiger partial charge in [0.25, 0.3) is 0 Å². The van der Waals surface area contributed by atoms with Crippen molar-refractivity contribution in [2.45, 2.75) is 83.2 Å². The summed E-state index contributed by atoms with van der Waals surface area (Å²) in [5.41, 5.74) is -1.76. The summed E-state index contributed by atoms with van der Waals surface area (Å²) in [6.07, 6.45) is 10.1. The summed E-state index contributed by atoms with van der Waals surface area (Å²) in [7, 11) is 5.54. The van der Waals surface area contributed by atoms with Crippen LogP contribution < -0.4 is 0 Å². The first-order valence-corrected chi connectivity index (χ1v) is 9.38. The van der Waals surface area contributed by atoms with Crippen molar-refractivity contribution in [3.05, 3.63) is 0 Å². The molecular weight excluding hydrogens is 306 g/mol. The van der Waals surface area contributed by atoms with Crippen LogP contribution in [0, 0.1) is 0 Å². The van der Waals surface area contributed by atoms with Gasteiger partial charge in [-0.1, -0.05) is 58.3 Å². The molecule has 0 radical (unpaired) electrons. The summed E-state index contributed by atoms with van der Waals surface area (Å²) < 4.78 is 0.354. The summed E-state index contributed by atoms with van der Waals surface area (Å²) in [5, 5.41) is 19.6. The molecule has 1 atom stereocenters. The second-order valence-electron chi connectivity index (χ2n) is 8.05. The number of likely N-dealkylation sites (N-methyl/N-ethyl adjacent to an activating group) is 1. The number of carboxylic acids is 1. The standard InChI is InChI=1S/C19H37NO4/c1-5-6-7-8-9-10-11-12-13-14-17(21)19(24,15-18(22)23)16-20(2,3)4/h24H,5-16H2,1-4H3/p+1. The summed E-state index contributed by atoms with van der Waals surface area (Å²) in [5.74, 6) is -1.47. The molecule has 0 aromatic carbocycles. The average molecular weight is 345 g/mol.